The molecule has 1 fully saturated rings. The van der Waals surface area contributed by atoms with Gasteiger partial charge >= 0.3 is 0 Å². The van der Waals surface area contributed by atoms with Gasteiger partial charge < -0.3 is 10.2 Å². The molecule has 6 heteroatoms. The summed E-state index contributed by atoms with van der Waals surface area (Å²) in [6.45, 7) is 6.42. The summed E-state index contributed by atoms with van der Waals surface area (Å²) in [5.41, 5.74) is 2.27. The number of nitrogens with one attached hydrogen (secondary N) is 1. The Kier molecular flexibility index (Phi) is 6.67. The maximum absolute atomic E-state index is 12.5. The molecule has 0 saturated carbocycles. The summed E-state index contributed by atoms with van der Waals surface area (Å²) < 4.78 is 0. The molecule has 1 aromatic heterocycles. The van der Waals surface area contributed by atoms with Crippen LogP contribution >= 0.6 is 0 Å². The number of nitriles is 1. The summed E-state index contributed by atoms with van der Waals surface area (Å²) in [6, 6.07) is 9.12. The predicted octanol–water partition coefficient (Wildman–Crippen LogP) is 2.81. The zero-order valence-electron chi connectivity index (χ0n) is 15.5. The molecule has 0 bridgehead atoms. The topological polar surface area (TPSA) is 86.1 Å². The van der Waals surface area contributed by atoms with Crippen molar-refractivity contribution >= 4 is 22.7 Å². The Hall–Kier alpha value is -2.94. The molecule has 2 aromatic rings. The molecular weight excluding hydrogens is 328 g/mol. The number of fused-ring (bicyclic) bond motifs is 1. The molecule has 1 aliphatic rings. The largest absolute Gasteiger partial charge is 0.343 e. The average molecular weight is 352 g/mol. The van der Waals surface area contributed by atoms with E-state index in [2.05, 4.69) is 16.4 Å². The Labute approximate surface area is 153 Å². The third-order valence-electron chi connectivity index (χ3n) is 4.26. The van der Waals surface area contributed by atoms with Crippen LogP contribution in [0.4, 0.5) is 0 Å². The highest BCUT2D eigenvalue weighted by molar-refractivity contribution is 6.07. The second-order valence-corrected chi connectivity index (χ2v) is 5.94. The Balaban J connectivity index is 0.00000117. The van der Waals surface area contributed by atoms with E-state index in [0.29, 0.717) is 18.5 Å². The molecule has 1 N–H and O–H groups in total. The number of pyridine rings is 1. The minimum atomic E-state index is -0.376. The molecule has 2 heterocycles. The van der Waals surface area contributed by atoms with Crippen LogP contribution in [-0.2, 0) is 4.79 Å². The van der Waals surface area contributed by atoms with Gasteiger partial charge in [-0.25, -0.2) is 0 Å². The van der Waals surface area contributed by atoms with Crippen LogP contribution in [0.2, 0.25) is 0 Å². The second kappa shape index (κ2) is 8.95. The zero-order valence-corrected chi connectivity index (χ0v) is 15.5. The van der Waals surface area contributed by atoms with Gasteiger partial charge in [-0.3, -0.25) is 14.6 Å². The van der Waals surface area contributed by atoms with Gasteiger partial charge in [0.2, 0.25) is 5.91 Å². The summed E-state index contributed by atoms with van der Waals surface area (Å²) in [7, 11) is 0. The van der Waals surface area contributed by atoms with Gasteiger partial charge in [0.1, 0.15) is 6.04 Å². The number of likely N-dealkylation sites (tertiary alicyclic amines) is 1. The van der Waals surface area contributed by atoms with Crippen molar-refractivity contribution in [1.29, 1.82) is 5.26 Å². The number of hydrogen-bond acceptors (Lipinski definition) is 4. The van der Waals surface area contributed by atoms with E-state index in [1.807, 2.05) is 39.0 Å². The number of rotatable bonds is 3. The second-order valence-electron chi connectivity index (χ2n) is 5.94. The fourth-order valence-electron chi connectivity index (χ4n) is 3.01. The minimum Gasteiger partial charge on any atom is -0.343 e. The Morgan fingerprint density at radius 3 is 2.85 bits per heavy atom. The number of nitrogens with zero attached hydrogens (tertiary/aromatic N) is 3. The Bertz CT molecular complexity index is 841. The van der Waals surface area contributed by atoms with Crippen molar-refractivity contribution in [2.24, 2.45) is 0 Å². The number of carbonyl (C=O) groups excluding carboxylic acids is 2. The number of aromatic nitrogens is 1. The van der Waals surface area contributed by atoms with E-state index in [0.717, 1.165) is 22.9 Å². The van der Waals surface area contributed by atoms with Gasteiger partial charge in [0.25, 0.3) is 5.91 Å². The van der Waals surface area contributed by atoms with Crippen LogP contribution in [0.5, 0.6) is 0 Å². The normalized spacial score (nSPS) is 15.8. The molecule has 0 aliphatic carbocycles. The summed E-state index contributed by atoms with van der Waals surface area (Å²) in [5.74, 6) is -0.531. The quantitative estimate of drug-likeness (QED) is 0.920. The molecule has 3 rings (SSSR count). The van der Waals surface area contributed by atoms with E-state index >= 15 is 0 Å². The lowest BCUT2D eigenvalue weighted by molar-refractivity contribution is -0.130. The summed E-state index contributed by atoms with van der Waals surface area (Å²) >= 11 is 0. The van der Waals surface area contributed by atoms with E-state index in [4.69, 9.17) is 5.26 Å². The molecule has 1 saturated heterocycles. The number of hydrogen-bond donors (Lipinski definition) is 1. The predicted molar refractivity (Wildman–Crippen MR) is 101 cm³/mol. The molecule has 1 atom stereocenters. The zero-order chi connectivity index (χ0) is 19.1. The fraction of sp³-hybridized carbons (Fsp3) is 0.400. The standard InChI is InChI=1S/C18H18N4O2.C2H6/c1-12-4-5-16-15(9-12)14(6-7-20-16)18(24)21-11-17(23)22-8-2-3-13(22)10-19;1-2/h4-7,9,13H,2-3,8,11H2,1H3,(H,21,24);1-2H3/t13-;/m0./s1. The van der Waals surface area contributed by atoms with Gasteiger partial charge in [-0.15, -0.1) is 0 Å². The number of carbonyl (C=O) groups is 2. The third kappa shape index (κ3) is 4.17. The molecule has 1 aliphatic heterocycles. The van der Waals surface area contributed by atoms with E-state index in [1.54, 1.807) is 12.3 Å². The molecule has 136 valence electrons. The van der Waals surface area contributed by atoms with Crippen molar-refractivity contribution in [2.45, 2.75) is 39.7 Å². The molecule has 0 spiro atoms. The van der Waals surface area contributed by atoms with E-state index in [1.165, 1.54) is 4.90 Å². The lowest BCUT2D eigenvalue weighted by Crippen LogP contribution is -2.42. The number of aryl methyl sites for hydroxylation is 1. The van der Waals surface area contributed by atoms with Crippen molar-refractivity contribution in [1.82, 2.24) is 15.2 Å². The lowest BCUT2D eigenvalue weighted by Gasteiger charge is -2.19. The highest BCUT2D eigenvalue weighted by atomic mass is 16.2. The molecular formula is C20H24N4O2. The number of benzene rings is 1. The minimum absolute atomic E-state index is 0.105. The van der Waals surface area contributed by atoms with Gasteiger partial charge in [-0.1, -0.05) is 25.5 Å². The monoisotopic (exact) mass is 352 g/mol. The molecule has 2 amide bonds. The van der Waals surface area contributed by atoms with Crippen molar-refractivity contribution in [3.63, 3.8) is 0 Å². The highest BCUT2D eigenvalue weighted by Crippen LogP contribution is 2.19. The average Bonchev–Trinajstić information content (AvgIpc) is 3.15. The van der Waals surface area contributed by atoms with E-state index < -0.39 is 0 Å². The van der Waals surface area contributed by atoms with Crippen molar-refractivity contribution in [2.75, 3.05) is 13.1 Å². The van der Waals surface area contributed by atoms with E-state index in [9.17, 15) is 9.59 Å². The van der Waals surface area contributed by atoms with Gasteiger partial charge in [-0.2, -0.15) is 5.26 Å². The summed E-state index contributed by atoms with van der Waals surface area (Å²) in [4.78, 5) is 30.5. The Morgan fingerprint density at radius 1 is 1.35 bits per heavy atom. The van der Waals surface area contributed by atoms with Gasteiger partial charge in [-0.05, 0) is 38.0 Å². The van der Waals surface area contributed by atoms with Crippen LogP contribution in [0.3, 0.4) is 0 Å². The highest BCUT2D eigenvalue weighted by Gasteiger charge is 2.28. The van der Waals surface area contributed by atoms with Crippen LogP contribution in [0.15, 0.2) is 30.5 Å². The Morgan fingerprint density at radius 2 is 2.12 bits per heavy atom. The summed E-state index contributed by atoms with van der Waals surface area (Å²) in [5, 5.41) is 12.5. The van der Waals surface area contributed by atoms with Crippen molar-refractivity contribution in [3.05, 3.63) is 41.6 Å². The van der Waals surface area contributed by atoms with Crippen LogP contribution in [-0.4, -0.2) is 40.8 Å². The third-order valence-corrected chi connectivity index (χ3v) is 4.26. The fourth-order valence-corrected chi connectivity index (χ4v) is 3.01. The van der Waals surface area contributed by atoms with Crippen molar-refractivity contribution < 1.29 is 9.59 Å². The maximum atomic E-state index is 12.5. The smallest absolute Gasteiger partial charge is 0.252 e. The first kappa shape index (κ1) is 19.4. The first-order valence-electron chi connectivity index (χ1n) is 8.93. The summed E-state index contributed by atoms with van der Waals surface area (Å²) in [6.07, 6.45) is 3.11. The molecule has 0 radical (unpaired) electrons. The molecule has 1 aromatic carbocycles. The first-order chi connectivity index (χ1) is 12.6. The van der Waals surface area contributed by atoms with Crippen LogP contribution in [0.25, 0.3) is 10.9 Å². The number of amides is 2. The molecule has 6 nitrogen and oxygen atoms in total. The van der Waals surface area contributed by atoms with Gasteiger partial charge in [0.05, 0.1) is 23.7 Å². The van der Waals surface area contributed by atoms with Gasteiger partial charge in [0, 0.05) is 18.1 Å². The molecule has 26 heavy (non-hydrogen) atoms. The maximum Gasteiger partial charge on any atom is 0.252 e. The van der Waals surface area contributed by atoms with Crippen LogP contribution in [0.1, 0.15) is 42.6 Å². The van der Waals surface area contributed by atoms with E-state index in [-0.39, 0.29) is 24.4 Å². The van der Waals surface area contributed by atoms with Crippen molar-refractivity contribution in [3.8, 4) is 6.07 Å². The SMILES string of the molecule is CC.Cc1ccc2nccc(C(=O)NCC(=O)N3CCC[C@H]3C#N)c2c1. The molecule has 0 unspecified atom stereocenters. The van der Waals surface area contributed by atoms with Crippen LogP contribution < -0.4 is 5.32 Å². The lowest BCUT2D eigenvalue weighted by atomic mass is 10.1. The van der Waals surface area contributed by atoms with Crippen LogP contribution in [0, 0.1) is 18.3 Å². The first-order valence-corrected chi connectivity index (χ1v) is 8.93. The van der Waals surface area contributed by atoms with Gasteiger partial charge in [0.15, 0.2) is 0 Å².